The minimum absolute atomic E-state index is 0.231. The first-order valence-electron chi connectivity index (χ1n) is 7.08. The SMILES string of the molecule is COc1ccc(C(N)Cc2c(C)cc(C)cc2C)cc1F. The van der Waals surface area contributed by atoms with Gasteiger partial charge in [-0.05, 0) is 61.6 Å². The lowest BCUT2D eigenvalue weighted by molar-refractivity contribution is 0.386. The van der Waals surface area contributed by atoms with E-state index in [0.29, 0.717) is 6.42 Å². The van der Waals surface area contributed by atoms with Gasteiger partial charge in [0, 0.05) is 6.04 Å². The zero-order chi connectivity index (χ0) is 15.6. The maximum Gasteiger partial charge on any atom is 0.165 e. The van der Waals surface area contributed by atoms with Crippen molar-refractivity contribution in [1.29, 1.82) is 0 Å². The summed E-state index contributed by atoms with van der Waals surface area (Å²) in [6.07, 6.45) is 0.698. The van der Waals surface area contributed by atoms with Crippen molar-refractivity contribution < 1.29 is 9.13 Å². The van der Waals surface area contributed by atoms with Gasteiger partial charge in [0.25, 0.3) is 0 Å². The number of methoxy groups -OCH3 is 1. The molecular formula is C18H22FNO. The standard InChI is InChI=1S/C18H22FNO/c1-11-7-12(2)15(13(3)8-11)10-17(20)14-5-6-18(21-4)16(19)9-14/h5-9,17H,10,20H2,1-4H3. The number of benzene rings is 2. The van der Waals surface area contributed by atoms with Gasteiger partial charge in [0.05, 0.1) is 7.11 Å². The van der Waals surface area contributed by atoms with Gasteiger partial charge >= 0.3 is 0 Å². The van der Waals surface area contributed by atoms with Crippen LogP contribution in [0, 0.1) is 26.6 Å². The van der Waals surface area contributed by atoms with Gasteiger partial charge in [-0.15, -0.1) is 0 Å². The molecule has 0 fully saturated rings. The fourth-order valence-electron chi connectivity index (χ4n) is 2.78. The van der Waals surface area contributed by atoms with E-state index in [9.17, 15) is 4.39 Å². The number of rotatable bonds is 4. The summed E-state index contributed by atoms with van der Waals surface area (Å²) in [6, 6.07) is 8.99. The molecule has 0 aliphatic rings. The van der Waals surface area contributed by atoms with Crippen LogP contribution >= 0.6 is 0 Å². The lowest BCUT2D eigenvalue weighted by Gasteiger charge is -2.17. The molecule has 0 spiro atoms. The van der Waals surface area contributed by atoms with Crippen molar-refractivity contribution in [2.45, 2.75) is 33.2 Å². The molecular weight excluding hydrogens is 265 g/mol. The second kappa shape index (κ2) is 6.27. The van der Waals surface area contributed by atoms with E-state index in [1.165, 1.54) is 35.4 Å². The fraction of sp³-hybridized carbons (Fsp3) is 0.333. The predicted molar refractivity (Wildman–Crippen MR) is 84.2 cm³/mol. The fourth-order valence-corrected chi connectivity index (χ4v) is 2.78. The summed E-state index contributed by atoms with van der Waals surface area (Å²) in [5.41, 5.74) is 12.0. The molecule has 1 atom stereocenters. The van der Waals surface area contributed by atoms with Gasteiger partial charge in [-0.2, -0.15) is 0 Å². The summed E-state index contributed by atoms with van der Waals surface area (Å²) in [7, 11) is 1.46. The number of aryl methyl sites for hydroxylation is 3. The molecule has 2 rings (SSSR count). The Morgan fingerprint density at radius 1 is 1.10 bits per heavy atom. The maximum absolute atomic E-state index is 13.8. The van der Waals surface area contributed by atoms with Crippen molar-refractivity contribution in [3.05, 3.63) is 64.0 Å². The normalized spacial score (nSPS) is 12.3. The Hall–Kier alpha value is -1.87. The number of halogens is 1. The first-order chi connectivity index (χ1) is 9.92. The number of ether oxygens (including phenoxy) is 1. The highest BCUT2D eigenvalue weighted by Gasteiger charge is 2.13. The van der Waals surface area contributed by atoms with Gasteiger partial charge in [-0.25, -0.2) is 4.39 Å². The summed E-state index contributed by atoms with van der Waals surface area (Å²) in [6.45, 7) is 6.27. The molecule has 2 N–H and O–H groups in total. The molecule has 3 heteroatoms. The second-order valence-corrected chi connectivity index (χ2v) is 5.58. The van der Waals surface area contributed by atoms with Crippen molar-refractivity contribution in [2.75, 3.05) is 7.11 Å². The van der Waals surface area contributed by atoms with Gasteiger partial charge in [-0.1, -0.05) is 23.8 Å². The number of hydrogen-bond donors (Lipinski definition) is 1. The van der Waals surface area contributed by atoms with Crippen LogP contribution in [0.1, 0.15) is 33.9 Å². The number of hydrogen-bond acceptors (Lipinski definition) is 2. The zero-order valence-electron chi connectivity index (χ0n) is 13.0. The summed E-state index contributed by atoms with van der Waals surface area (Å²) in [5.74, 6) is -0.128. The minimum Gasteiger partial charge on any atom is -0.494 e. The third-order valence-electron chi connectivity index (χ3n) is 3.87. The van der Waals surface area contributed by atoms with Gasteiger partial charge in [0.15, 0.2) is 11.6 Å². The van der Waals surface area contributed by atoms with Crippen molar-refractivity contribution in [3.8, 4) is 5.75 Å². The smallest absolute Gasteiger partial charge is 0.165 e. The Morgan fingerprint density at radius 2 is 1.71 bits per heavy atom. The highest BCUT2D eigenvalue weighted by molar-refractivity contribution is 5.39. The van der Waals surface area contributed by atoms with Gasteiger partial charge in [0.1, 0.15) is 0 Å². The first-order valence-corrected chi connectivity index (χ1v) is 7.08. The quantitative estimate of drug-likeness (QED) is 0.922. The van der Waals surface area contributed by atoms with Crippen LogP contribution in [-0.2, 0) is 6.42 Å². The van der Waals surface area contributed by atoms with E-state index in [1.54, 1.807) is 6.07 Å². The third kappa shape index (κ3) is 3.42. The molecule has 2 aromatic carbocycles. The molecule has 0 aromatic heterocycles. The van der Waals surface area contributed by atoms with E-state index >= 15 is 0 Å². The summed E-state index contributed by atoms with van der Waals surface area (Å²) in [4.78, 5) is 0. The van der Waals surface area contributed by atoms with Crippen LogP contribution in [0.2, 0.25) is 0 Å². The first kappa shape index (κ1) is 15.5. The molecule has 2 nitrogen and oxygen atoms in total. The van der Waals surface area contributed by atoms with Crippen LogP contribution in [0.15, 0.2) is 30.3 Å². The lowest BCUT2D eigenvalue weighted by atomic mass is 9.92. The van der Waals surface area contributed by atoms with Crippen molar-refractivity contribution >= 4 is 0 Å². The monoisotopic (exact) mass is 287 g/mol. The molecule has 21 heavy (non-hydrogen) atoms. The Morgan fingerprint density at radius 3 is 2.24 bits per heavy atom. The van der Waals surface area contributed by atoms with Gasteiger partial charge < -0.3 is 10.5 Å². The molecule has 0 bridgehead atoms. The molecule has 1 unspecified atom stereocenters. The van der Waals surface area contributed by atoms with E-state index in [-0.39, 0.29) is 17.6 Å². The van der Waals surface area contributed by atoms with E-state index in [1.807, 2.05) is 6.07 Å². The Labute approximate surface area is 125 Å². The summed E-state index contributed by atoms with van der Waals surface area (Å²) >= 11 is 0. The Kier molecular flexibility index (Phi) is 4.63. The summed E-state index contributed by atoms with van der Waals surface area (Å²) in [5, 5.41) is 0. The van der Waals surface area contributed by atoms with Crippen LogP contribution in [-0.4, -0.2) is 7.11 Å². The largest absolute Gasteiger partial charge is 0.494 e. The van der Waals surface area contributed by atoms with Gasteiger partial charge in [0.2, 0.25) is 0 Å². The molecule has 0 saturated heterocycles. The highest BCUT2D eigenvalue weighted by Crippen LogP contribution is 2.25. The molecule has 0 aliphatic carbocycles. The van der Waals surface area contributed by atoms with Crippen molar-refractivity contribution in [2.24, 2.45) is 5.73 Å². The average molecular weight is 287 g/mol. The number of nitrogens with two attached hydrogens (primary N) is 1. The van der Waals surface area contributed by atoms with Crippen LogP contribution in [0.5, 0.6) is 5.75 Å². The van der Waals surface area contributed by atoms with E-state index < -0.39 is 0 Å². The van der Waals surface area contributed by atoms with E-state index in [2.05, 4.69) is 32.9 Å². The third-order valence-corrected chi connectivity index (χ3v) is 3.87. The predicted octanol–water partition coefficient (Wildman–Crippen LogP) is 4.00. The molecule has 0 aliphatic heterocycles. The zero-order valence-corrected chi connectivity index (χ0v) is 13.0. The average Bonchev–Trinajstić information content (AvgIpc) is 2.42. The Balaban J connectivity index is 2.26. The molecule has 112 valence electrons. The highest BCUT2D eigenvalue weighted by atomic mass is 19.1. The van der Waals surface area contributed by atoms with Crippen LogP contribution in [0.3, 0.4) is 0 Å². The molecule has 2 aromatic rings. The lowest BCUT2D eigenvalue weighted by Crippen LogP contribution is -2.15. The molecule has 0 amide bonds. The van der Waals surface area contributed by atoms with Crippen molar-refractivity contribution in [1.82, 2.24) is 0 Å². The van der Waals surface area contributed by atoms with Crippen LogP contribution in [0.4, 0.5) is 4.39 Å². The topological polar surface area (TPSA) is 35.2 Å². The maximum atomic E-state index is 13.8. The minimum atomic E-state index is -0.372. The van der Waals surface area contributed by atoms with E-state index in [0.717, 1.165) is 5.56 Å². The van der Waals surface area contributed by atoms with Crippen LogP contribution in [0.25, 0.3) is 0 Å². The van der Waals surface area contributed by atoms with E-state index in [4.69, 9.17) is 10.5 Å². The van der Waals surface area contributed by atoms with Gasteiger partial charge in [-0.3, -0.25) is 0 Å². The second-order valence-electron chi connectivity index (χ2n) is 5.58. The Bertz CT molecular complexity index is 629. The van der Waals surface area contributed by atoms with Crippen molar-refractivity contribution in [3.63, 3.8) is 0 Å². The molecule has 0 heterocycles. The molecule has 0 radical (unpaired) electrons. The van der Waals surface area contributed by atoms with Crippen LogP contribution < -0.4 is 10.5 Å². The molecule has 0 saturated carbocycles. The summed E-state index contributed by atoms with van der Waals surface area (Å²) < 4.78 is 18.7.